The van der Waals surface area contributed by atoms with Gasteiger partial charge < -0.3 is 15.0 Å². The van der Waals surface area contributed by atoms with Crippen molar-refractivity contribution in [2.45, 2.75) is 19.8 Å². The Hall–Kier alpha value is -1.22. The summed E-state index contributed by atoms with van der Waals surface area (Å²) < 4.78 is 5.74. The zero-order chi connectivity index (χ0) is 11.9. The summed E-state index contributed by atoms with van der Waals surface area (Å²) in [6, 6.07) is 8.44. The Morgan fingerprint density at radius 3 is 2.88 bits per heavy atom. The van der Waals surface area contributed by atoms with Gasteiger partial charge in [-0.15, -0.1) is 0 Å². The number of nitrogens with one attached hydrogen (secondary N) is 1. The van der Waals surface area contributed by atoms with Gasteiger partial charge in [0, 0.05) is 37.9 Å². The molecule has 0 amide bonds. The van der Waals surface area contributed by atoms with Gasteiger partial charge in [-0.1, -0.05) is 19.4 Å². The minimum absolute atomic E-state index is 0.821. The smallest absolute Gasteiger partial charge is 0.121 e. The van der Waals surface area contributed by atoms with E-state index < -0.39 is 0 Å². The molecule has 1 heterocycles. The zero-order valence-corrected chi connectivity index (χ0v) is 10.6. The summed E-state index contributed by atoms with van der Waals surface area (Å²) >= 11 is 0. The fraction of sp³-hybridized carbons (Fsp3) is 0.571. The van der Waals surface area contributed by atoms with E-state index in [1.165, 1.54) is 12.1 Å². The topological polar surface area (TPSA) is 24.5 Å². The summed E-state index contributed by atoms with van der Waals surface area (Å²) in [4.78, 5) is 2.41. The van der Waals surface area contributed by atoms with Gasteiger partial charge in [-0.2, -0.15) is 0 Å². The molecule has 0 bridgehead atoms. The third-order valence-electron chi connectivity index (χ3n) is 3.07. The average Bonchev–Trinajstić information content (AvgIpc) is 2.41. The van der Waals surface area contributed by atoms with Crippen LogP contribution in [-0.4, -0.2) is 32.8 Å². The van der Waals surface area contributed by atoms with Gasteiger partial charge in [-0.25, -0.2) is 0 Å². The summed E-state index contributed by atoms with van der Waals surface area (Å²) in [6.07, 6.45) is 2.30. The first-order valence-corrected chi connectivity index (χ1v) is 6.58. The lowest BCUT2D eigenvalue weighted by atomic mass is 10.2. The molecule has 0 saturated carbocycles. The normalized spacial score (nSPS) is 15.9. The van der Waals surface area contributed by atoms with E-state index in [0.29, 0.717) is 0 Å². The number of hydrogen-bond donors (Lipinski definition) is 1. The Kier molecular flexibility index (Phi) is 4.68. The molecule has 3 nitrogen and oxygen atoms in total. The summed E-state index contributed by atoms with van der Waals surface area (Å²) in [5.41, 5.74) is 1.28. The molecule has 94 valence electrons. The van der Waals surface area contributed by atoms with E-state index in [0.717, 1.165) is 45.0 Å². The molecule has 0 aliphatic carbocycles. The Labute approximate surface area is 104 Å². The van der Waals surface area contributed by atoms with Crippen molar-refractivity contribution in [1.29, 1.82) is 0 Å². The third kappa shape index (κ3) is 3.63. The zero-order valence-electron chi connectivity index (χ0n) is 10.6. The number of unbranched alkanes of at least 4 members (excludes halogenated alkanes) is 1. The highest BCUT2D eigenvalue weighted by atomic mass is 16.5. The molecule has 1 aromatic carbocycles. The van der Waals surface area contributed by atoms with E-state index in [1.54, 1.807) is 0 Å². The van der Waals surface area contributed by atoms with Crippen LogP contribution in [0.4, 0.5) is 5.69 Å². The second-order valence-corrected chi connectivity index (χ2v) is 4.44. The maximum absolute atomic E-state index is 5.74. The van der Waals surface area contributed by atoms with Crippen molar-refractivity contribution in [2.24, 2.45) is 0 Å². The molecule has 0 spiro atoms. The molecular weight excluding hydrogens is 212 g/mol. The highest BCUT2D eigenvalue weighted by molar-refractivity contribution is 5.51. The maximum atomic E-state index is 5.74. The molecule has 2 rings (SSSR count). The number of hydrogen-bond acceptors (Lipinski definition) is 3. The van der Waals surface area contributed by atoms with Crippen LogP contribution in [0.15, 0.2) is 24.3 Å². The van der Waals surface area contributed by atoms with Crippen molar-refractivity contribution in [1.82, 2.24) is 5.32 Å². The van der Waals surface area contributed by atoms with Crippen LogP contribution in [0.2, 0.25) is 0 Å². The summed E-state index contributed by atoms with van der Waals surface area (Å²) in [7, 11) is 0. The van der Waals surface area contributed by atoms with Crippen molar-refractivity contribution in [3.05, 3.63) is 24.3 Å². The van der Waals surface area contributed by atoms with E-state index in [4.69, 9.17) is 4.74 Å². The molecule has 1 aliphatic rings. The number of benzene rings is 1. The van der Waals surface area contributed by atoms with Crippen molar-refractivity contribution >= 4 is 5.69 Å². The van der Waals surface area contributed by atoms with Crippen LogP contribution >= 0.6 is 0 Å². The molecule has 17 heavy (non-hydrogen) atoms. The van der Waals surface area contributed by atoms with E-state index in [1.807, 2.05) is 6.07 Å². The first kappa shape index (κ1) is 12.2. The predicted molar refractivity (Wildman–Crippen MR) is 71.9 cm³/mol. The fourth-order valence-electron chi connectivity index (χ4n) is 2.03. The van der Waals surface area contributed by atoms with Gasteiger partial charge in [-0.05, 0) is 18.6 Å². The Morgan fingerprint density at radius 2 is 2.12 bits per heavy atom. The van der Waals surface area contributed by atoms with Crippen molar-refractivity contribution < 1.29 is 4.74 Å². The van der Waals surface area contributed by atoms with Crippen LogP contribution < -0.4 is 15.0 Å². The number of piperazine rings is 1. The first-order chi connectivity index (χ1) is 8.40. The van der Waals surface area contributed by atoms with Gasteiger partial charge in [0.15, 0.2) is 0 Å². The summed E-state index contributed by atoms with van der Waals surface area (Å²) in [5, 5.41) is 3.37. The van der Waals surface area contributed by atoms with E-state index in [-0.39, 0.29) is 0 Å². The largest absolute Gasteiger partial charge is 0.494 e. The van der Waals surface area contributed by atoms with Crippen LogP contribution in [0.5, 0.6) is 5.75 Å². The Bertz CT molecular complexity index is 335. The Balaban J connectivity index is 1.95. The van der Waals surface area contributed by atoms with Gasteiger partial charge in [0.1, 0.15) is 5.75 Å². The van der Waals surface area contributed by atoms with Crippen molar-refractivity contribution in [3.63, 3.8) is 0 Å². The van der Waals surface area contributed by atoms with E-state index in [9.17, 15) is 0 Å². The standard InChI is InChI=1S/C14H22N2O/c1-2-3-11-17-14-6-4-5-13(12-14)16-9-7-15-8-10-16/h4-6,12,15H,2-3,7-11H2,1H3. The minimum Gasteiger partial charge on any atom is -0.494 e. The lowest BCUT2D eigenvalue weighted by Crippen LogP contribution is -2.43. The molecule has 1 saturated heterocycles. The number of nitrogens with zero attached hydrogens (tertiary/aromatic N) is 1. The van der Waals surface area contributed by atoms with Crippen LogP contribution in [0.1, 0.15) is 19.8 Å². The minimum atomic E-state index is 0.821. The number of rotatable bonds is 5. The van der Waals surface area contributed by atoms with Crippen LogP contribution in [0.3, 0.4) is 0 Å². The molecule has 0 aromatic heterocycles. The summed E-state index contributed by atoms with van der Waals surface area (Å²) in [5.74, 6) is 0.995. The lowest BCUT2D eigenvalue weighted by molar-refractivity contribution is 0.309. The molecule has 0 atom stereocenters. The molecule has 0 unspecified atom stereocenters. The van der Waals surface area contributed by atoms with Gasteiger partial charge in [0.05, 0.1) is 6.61 Å². The van der Waals surface area contributed by atoms with Gasteiger partial charge in [-0.3, -0.25) is 0 Å². The molecule has 1 aliphatic heterocycles. The Morgan fingerprint density at radius 1 is 1.29 bits per heavy atom. The molecule has 3 heteroatoms. The highest BCUT2D eigenvalue weighted by Crippen LogP contribution is 2.21. The molecule has 1 N–H and O–H groups in total. The molecule has 1 aromatic rings. The second kappa shape index (κ2) is 6.50. The third-order valence-corrected chi connectivity index (χ3v) is 3.07. The monoisotopic (exact) mass is 234 g/mol. The van der Waals surface area contributed by atoms with Crippen LogP contribution in [0, 0.1) is 0 Å². The average molecular weight is 234 g/mol. The quantitative estimate of drug-likeness (QED) is 0.791. The lowest BCUT2D eigenvalue weighted by Gasteiger charge is -2.29. The van der Waals surface area contributed by atoms with Gasteiger partial charge in [0.2, 0.25) is 0 Å². The van der Waals surface area contributed by atoms with Crippen molar-refractivity contribution in [3.8, 4) is 5.75 Å². The SMILES string of the molecule is CCCCOc1cccc(N2CCNCC2)c1. The van der Waals surface area contributed by atoms with Crippen LogP contribution in [0.25, 0.3) is 0 Å². The van der Waals surface area contributed by atoms with Crippen molar-refractivity contribution in [2.75, 3.05) is 37.7 Å². The van der Waals surface area contributed by atoms with E-state index in [2.05, 4.69) is 35.3 Å². The van der Waals surface area contributed by atoms with Gasteiger partial charge in [0.25, 0.3) is 0 Å². The maximum Gasteiger partial charge on any atom is 0.121 e. The van der Waals surface area contributed by atoms with Crippen LogP contribution in [-0.2, 0) is 0 Å². The number of anilines is 1. The molecule has 1 fully saturated rings. The predicted octanol–water partition coefficient (Wildman–Crippen LogP) is 2.28. The molecule has 0 radical (unpaired) electrons. The number of ether oxygens (including phenoxy) is 1. The van der Waals surface area contributed by atoms with E-state index >= 15 is 0 Å². The summed E-state index contributed by atoms with van der Waals surface area (Å²) in [6.45, 7) is 7.31. The first-order valence-electron chi connectivity index (χ1n) is 6.58. The second-order valence-electron chi connectivity index (χ2n) is 4.44. The molecular formula is C14H22N2O. The van der Waals surface area contributed by atoms with Gasteiger partial charge >= 0.3 is 0 Å². The highest BCUT2D eigenvalue weighted by Gasteiger charge is 2.10. The fourth-order valence-corrected chi connectivity index (χ4v) is 2.03.